The van der Waals surface area contributed by atoms with Crippen molar-refractivity contribution in [2.45, 2.75) is 56.6 Å². The van der Waals surface area contributed by atoms with E-state index >= 15 is 0 Å². The summed E-state index contributed by atoms with van der Waals surface area (Å²) in [6.07, 6.45) is 4.68. The van der Waals surface area contributed by atoms with Gasteiger partial charge in [0.25, 0.3) is 0 Å². The maximum Gasteiger partial charge on any atom is 0.234 e. The second-order valence-corrected chi connectivity index (χ2v) is 7.40. The number of carbonyl (C=O) groups is 1. The molecule has 1 fully saturated rings. The van der Waals surface area contributed by atoms with Crippen molar-refractivity contribution in [1.82, 2.24) is 20.2 Å². The molecule has 6 nitrogen and oxygen atoms in total. The molecular formula is C17H23N5OS. The molecule has 0 atom stereocenters. The number of nitrogens with one attached hydrogen (secondary N) is 1. The van der Waals surface area contributed by atoms with Crippen LogP contribution in [0.25, 0.3) is 0 Å². The second-order valence-electron chi connectivity index (χ2n) is 6.46. The highest BCUT2D eigenvalue weighted by Crippen LogP contribution is 2.31. The van der Waals surface area contributed by atoms with Crippen molar-refractivity contribution in [3.63, 3.8) is 0 Å². The molecule has 1 aliphatic rings. The lowest BCUT2D eigenvalue weighted by Crippen LogP contribution is -2.15. The monoisotopic (exact) mass is 345 g/mol. The lowest BCUT2D eigenvalue weighted by Gasteiger charge is -2.11. The molecule has 0 spiro atoms. The maximum atomic E-state index is 12.2. The molecule has 1 aromatic heterocycles. The largest absolute Gasteiger partial charge is 0.325 e. The molecular weight excluding hydrogens is 322 g/mol. The number of rotatable bonds is 6. The Morgan fingerprint density at radius 3 is 2.92 bits per heavy atom. The van der Waals surface area contributed by atoms with Gasteiger partial charge in [-0.2, -0.15) is 0 Å². The summed E-state index contributed by atoms with van der Waals surface area (Å²) in [7, 11) is 0. The molecule has 0 unspecified atom stereocenters. The molecule has 128 valence electrons. The van der Waals surface area contributed by atoms with Gasteiger partial charge in [-0.25, -0.2) is 4.68 Å². The average molecular weight is 345 g/mol. The first-order chi connectivity index (χ1) is 11.6. The van der Waals surface area contributed by atoms with Gasteiger partial charge in [0.1, 0.15) is 0 Å². The number of carbonyl (C=O) groups excluding carboxylic acids is 1. The van der Waals surface area contributed by atoms with Gasteiger partial charge in [-0.15, -0.1) is 5.10 Å². The number of hydrogen-bond acceptors (Lipinski definition) is 5. The fraction of sp³-hybridized carbons (Fsp3) is 0.529. The molecule has 24 heavy (non-hydrogen) atoms. The third-order valence-corrected chi connectivity index (χ3v) is 5.24. The lowest BCUT2D eigenvalue weighted by atomic mass is 10.0. The van der Waals surface area contributed by atoms with E-state index in [2.05, 4.69) is 40.8 Å². The molecule has 0 bridgehead atoms. The quantitative estimate of drug-likeness (QED) is 0.809. The van der Waals surface area contributed by atoms with Crippen LogP contribution in [0.15, 0.2) is 29.4 Å². The van der Waals surface area contributed by atoms with Crippen molar-refractivity contribution in [2.75, 3.05) is 11.1 Å². The van der Waals surface area contributed by atoms with Gasteiger partial charge in [0.2, 0.25) is 11.1 Å². The Labute approximate surface area is 146 Å². The van der Waals surface area contributed by atoms with E-state index < -0.39 is 0 Å². The summed E-state index contributed by atoms with van der Waals surface area (Å²) in [6, 6.07) is 8.37. The number of benzene rings is 1. The summed E-state index contributed by atoms with van der Waals surface area (Å²) < 4.78 is 1.88. The number of nitrogens with zero attached hydrogens (tertiary/aromatic N) is 4. The molecule has 2 aromatic rings. The van der Waals surface area contributed by atoms with Gasteiger partial charge in [-0.05, 0) is 46.9 Å². The first kappa shape index (κ1) is 17.0. The van der Waals surface area contributed by atoms with Gasteiger partial charge in [0.15, 0.2) is 0 Å². The zero-order chi connectivity index (χ0) is 16.9. The van der Waals surface area contributed by atoms with Crippen molar-refractivity contribution in [3.05, 3.63) is 29.8 Å². The van der Waals surface area contributed by atoms with Crippen LogP contribution < -0.4 is 5.32 Å². The minimum absolute atomic E-state index is 0.0399. The van der Waals surface area contributed by atoms with E-state index in [0.29, 0.717) is 17.7 Å². The van der Waals surface area contributed by atoms with Crippen molar-refractivity contribution in [1.29, 1.82) is 0 Å². The number of tetrazole rings is 1. The van der Waals surface area contributed by atoms with E-state index in [0.717, 1.165) is 23.7 Å². The molecule has 1 amide bonds. The van der Waals surface area contributed by atoms with Crippen molar-refractivity contribution in [3.8, 4) is 0 Å². The van der Waals surface area contributed by atoms with Gasteiger partial charge >= 0.3 is 0 Å². The first-order valence-corrected chi connectivity index (χ1v) is 9.42. The third-order valence-electron chi connectivity index (χ3n) is 4.30. The smallest absolute Gasteiger partial charge is 0.234 e. The second kappa shape index (κ2) is 7.79. The van der Waals surface area contributed by atoms with Crippen LogP contribution in [0.4, 0.5) is 5.69 Å². The Bertz CT molecular complexity index is 694. The summed E-state index contributed by atoms with van der Waals surface area (Å²) in [4.78, 5) is 12.2. The molecule has 3 rings (SSSR count). The fourth-order valence-electron chi connectivity index (χ4n) is 2.96. The van der Waals surface area contributed by atoms with Gasteiger partial charge in [0, 0.05) is 5.69 Å². The summed E-state index contributed by atoms with van der Waals surface area (Å²) in [5.41, 5.74) is 2.05. The molecule has 1 heterocycles. The molecule has 1 aliphatic carbocycles. The SMILES string of the molecule is CC(C)c1cccc(NC(=O)CSc2nnnn2C2CCCC2)c1. The van der Waals surface area contributed by atoms with Crippen molar-refractivity contribution >= 4 is 23.4 Å². The van der Waals surface area contributed by atoms with Crippen LogP contribution in [0, 0.1) is 0 Å². The number of aromatic nitrogens is 4. The molecule has 0 saturated heterocycles. The van der Waals surface area contributed by atoms with Crippen LogP contribution >= 0.6 is 11.8 Å². The van der Waals surface area contributed by atoms with Gasteiger partial charge < -0.3 is 5.32 Å². The Hall–Kier alpha value is -1.89. The zero-order valence-corrected chi connectivity index (χ0v) is 14.9. The number of anilines is 1. The van der Waals surface area contributed by atoms with E-state index in [9.17, 15) is 4.79 Å². The highest BCUT2D eigenvalue weighted by Gasteiger charge is 2.22. The summed E-state index contributed by atoms with van der Waals surface area (Å²) in [5, 5.41) is 15.6. The Balaban J connectivity index is 1.56. The molecule has 0 radical (unpaired) electrons. The van der Waals surface area contributed by atoms with E-state index in [1.54, 1.807) is 0 Å². The molecule has 7 heteroatoms. The highest BCUT2D eigenvalue weighted by atomic mass is 32.2. The zero-order valence-electron chi connectivity index (χ0n) is 14.1. The predicted octanol–water partition coefficient (Wildman–Crippen LogP) is 3.64. The third kappa shape index (κ3) is 4.14. The number of amides is 1. The molecule has 1 saturated carbocycles. The van der Waals surface area contributed by atoms with E-state index in [4.69, 9.17) is 0 Å². The van der Waals surface area contributed by atoms with Crippen LogP contribution in [0.2, 0.25) is 0 Å². The summed E-state index contributed by atoms with van der Waals surface area (Å²) in [5.74, 6) is 0.702. The van der Waals surface area contributed by atoms with Crippen LogP contribution in [0.3, 0.4) is 0 Å². The standard InChI is InChI=1S/C17H23N5OS/c1-12(2)13-6-5-7-14(10-13)18-16(23)11-24-17-19-20-21-22(17)15-8-3-4-9-15/h5-7,10,12,15H,3-4,8-9,11H2,1-2H3,(H,18,23). The van der Waals surface area contributed by atoms with Crippen LogP contribution in [-0.2, 0) is 4.79 Å². The summed E-state index contributed by atoms with van der Waals surface area (Å²) in [6.45, 7) is 4.28. The lowest BCUT2D eigenvalue weighted by molar-refractivity contribution is -0.113. The van der Waals surface area contributed by atoms with Gasteiger partial charge in [-0.3, -0.25) is 4.79 Å². The Morgan fingerprint density at radius 2 is 2.17 bits per heavy atom. The molecule has 0 aliphatic heterocycles. The van der Waals surface area contributed by atoms with Crippen LogP contribution in [0.1, 0.15) is 57.1 Å². The van der Waals surface area contributed by atoms with Crippen LogP contribution in [-0.4, -0.2) is 31.9 Å². The number of hydrogen-bond donors (Lipinski definition) is 1. The fourth-order valence-corrected chi connectivity index (χ4v) is 3.71. The normalized spacial score (nSPS) is 15.1. The molecule has 1 aromatic carbocycles. The van der Waals surface area contributed by atoms with Crippen molar-refractivity contribution < 1.29 is 4.79 Å². The minimum atomic E-state index is -0.0399. The topological polar surface area (TPSA) is 72.7 Å². The van der Waals surface area contributed by atoms with Crippen LogP contribution in [0.5, 0.6) is 0 Å². The Morgan fingerprint density at radius 1 is 1.38 bits per heavy atom. The maximum absolute atomic E-state index is 12.2. The highest BCUT2D eigenvalue weighted by molar-refractivity contribution is 7.99. The number of thioether (sulfide) groups is 1. The van der Waals surface area contributed by atoms with Crippen molar-refractivity contribution in [2.24, 2.45) is 0 Å². The predicted molar refractivity (Wildman–Crippen MR) is 95.2 cm³/mol. The average Bonchev–Trinajstić information content (AvgIpc) is 3.24. The van der Waals surface area contributed by atoms with E-state index in [1.165, 1.54) is 30.2 Å². The van der Waals surface area contributed by atoms with Gasteiger partial charge in [-0.1, -0.05) is 50.6 Å². The summed E-state index contributed by atoms with van der Waals surface area (Å²) >= 11 is 1.39. The van der Waals surface area contributed by atoms with E-state index in [-0.39, 0.29) is 5.91 Å². The molecule has 1 N–H and O–H groups in total. The van der Waals surface area contributed by atoms with E-state index in [1.807, 2.05) is 22.9 Å². The first-order valence-electron chi connectivity index (χ1n) is 8.44. The minimum Gasteiger partial charge on any atom is -0.325 e. The Kier molecular flexibility index (Phi) is 5.50. The van der Waals surface area contributed by atoms with Gasteiger partial charge in [0.05, 0.1) is 11.8 Å².